The van der Waals surface area contributed by atoms with Crippen LogP contribution in [-0.2, 0) is 4.79 Å². The van der Waals surface area contributed by atoms with Crippen LogP contribution in [0, 0.1) is 12.8 Å². The normalized spacial score (nSPS) is 11.7. The fraction of sp³-hybridized carbons (Fsp3) is 0.333. The first-order valence-corrected chi connectivity index (χ1v) is 8.78. The van der Waals surface area contributed by atoms with Crippen molar-refractivity contribution in [3.05, 3.63) is 59.7 Å². The van der Waals surface area contributed by atoms with E-state index in [2.05, 4.69) is 10.6 Å². The molecule has 2 aromatic rings. The number of carbonyl (C=O) groups excluding carboxylic acids is 2. The third-order valence-corrected chi connectivity index (χ3v) is 3.77. The molecule has 2 N–H and O–H groups in total. The lowest BCUT2D eigenvalue weighted by Gasteiger charge is -2.17. The predicted molar refractivity (Wildman–Crippen MR) is 104 cm³/mol. The van der Waals surface area contributed by atoms with Gasteiger partial charge in [0.25, 0.3) is 11.8 Å². The molecule has 0 aliphatic carbocycles. The molecule has 0 heterocycles. The topological polar surface area (TPSA) is 67.4 Å². The molecule has 5 nitrogen and oxygen atoms in total. The maximum Gasteiger partial charge on any atom is 0.265 e. The van der Waals surface area contributed by atoms with E-state index >= 15 is 0 Å². The van der Waals surface area contributed by atoms with Gasteiger partial charge in [-0.2, -0.15) is 0 Å². The van der Waals surface area contributed by atoms with E-state index in [0.29, 0.717) is 29.5 Å². The van der Waals surface area contributed by atoms with Crippen LogP contribution in [-0.4, -0.2) is 24.5 Å². The van der Waals surface area contributed by atoms with Crippen molar-refractivity contribution in [2.24, 2.45) is 5.92 Å². The maximum atomic E-state index is 12.5. The van der Waals surface area contributed by atoms with E-state index in [1.165, 1.54) is 0 Å². The summed E-state index contributed by atoms with van der Waals surface area (Å²) in [5.41, 5.74) is 1.96. The van der Waals surface area contributed by atoms with Crippen LogP contribution in [0.25, 0.3) is 0 Å². The Labute approximate surface area is 154 Å². The number of anilines is 1. The summed E-state index contributed by atoms with van der Waals surface area (Å²) in [7, 11) is 0. The van der Waals surface area contributed by atoms with E-state index in [0.717, 1.165) is 5.56 Å². The number of ether oxygens (including phenoxy) is 1. The van der Waals surface area contributed by atoms with Crippen LogP contribution >= 0.6 is 0 Å². The largest absolute Gasteiger partial charge is 0.481 e. The van der Waals surface area contributed by atoms with Crippen LogP contribution in [0.1, 0.15) is 36.7 Å². The quantitative estimate of drug-likeness (QED) is 0.795. The Balaban J connectivity index is 2.05. The maximum absolute atomic E-state index is 12.5. The van der Waals surface area contributed by atoms with Gasteiger partial charge in [0.05, 0.1) is 11.3 Å². The van der Waals surface area contributed by atoms with Gasteiger partial charge in [0.15, 0.2) is 6.10 Å². The van der Waals surface area contributed by atoms with Crippen LogP contribution in [0.15, 0.2) is 48.5 Å². The highest BCUT2D eigenvalue weighted by molar-refractivity contribution is 6.04. The van der Waals surface area contributed by atoms with E-state index in [1.54, 1.807) is 31.2 Å². The second-order valence-electron chi connectivity index (χ2n) is 6.72. The molecular formula is C21H26N2O3. The second kappa shape index (κ2) is 9.04. The summed E-state index contributed by atoms with van der Waals surface area (Å²) in [6.45, 7) is 8.27. The molecule has 0 fully saturated rings. The SMILES string of the molecule is Cc1cccc(O[C@@H](C)C(=O)Nc2ccccc2C(=O)NCC(C)C)c1. The van der Waals surface area contributed by atoms with Gasteiger partial charge in [-0.3, -0.25) is 9.59 Å². The molecular weight excluding hydrogens is 328 g/mol. The molecule has 0 saturated heterocycles. The molecule has 1 atom stereocenters. The number of hydrogen-bond acceptors (Lipinski definition) is 3. The average molecular weight is 354 g/mol. The van der Waals surface area contributed by atoms with Crippen LogP contribution in [0.2, 0.25) is 0 Å². The zero-order valence-corrected chi connectivity index (χ0v) is 15.7. The van der Waals surface area contributed by atoms with Crippen molar-refractivity contribution in [3.8, 4) is 5.75 Å². The molecule has 0 aliphatic rings. The summed E-state index contributed by atoms with van der Waals surface area (Å²) in [4.78, 5) is 24.8. The van der Waals surface area contributed by atoms with E-state index in [4.69, 9.17) is 4.74 Å². The molecule has 0 bridgehead atoms. The van der Waals surface area contributed by atoms with Gasteiger partial charge < -0.3 is 15.4 Å². The Bertz CT molecular complexity index is 771. The minimum Gasteiger partial charge on any atom is -0.481 e. The molecule has 2 aromatic carbocycles. The van der Waals surface area contributed by atoms with Crippen LogP contribution in [0.5, 0.6) is 5.75 Å². The lowest BCUT2D eigenvalue weighted by Crippen LogP contribution is -2.32. The average Bonchev–Trinajstić information content (AvgIpc) is 2.60. The Kier molecular flexibility index (Phi) is 6.78. The number of rotatable bonds is 7. The highest BCUT2D eigenvalue weighted by Gasteiger charge is 2.18. The molecule has 0 radical (unpaired) electrons. The fourth-order valence-corrected chi connectivity index (χ4v) is 2.36. The van der Waals surface area contributed by atoms with Gasteiger partial charge in [0.2, 0.25) is 0 Å². The number of amides is 2. The fourth-order valence-electron chi connectivity index (χ4n) is 2.36. The zero-order chi connectivity index (χ0) is 19.1. The third-order valence-electron chi connectivity index (χ3n) is 3.77. The molecule has 2 rings (SSSR count). The van der Waals surface area contributed by atoms with Crippen LogP contribution in [0.4, 0.5) is 5.69 Å². The van der Waals surface area contributed by atoms with Crippen molar-refractivity contribution >= 4 is 17.5 Å². The van der Waals surface area contributed by atoms with Gasteiger partial charge in [0.1, 0.15) is 5.75 Å². The summed E-state index contributed by atoms with van der Waals surface area (Å²) < 4.78 is 5.70. The molecule has 26 heavy (non-hydrogen) atoms. The van der Waals surface area contributed by atoms with Crippen molar-refractivity contribution in [1.29, 1.82) is 0 Å². The van der Waals surface area contributed by atoms with Gasteiger partial charge >= 0.3 is 0 Å². The van der Waals surface area contributed by atoms with Gasteiger partial charge in [-0.25, -0.2) is 0 Å². The Hall–Kier alpha value is -2.82. The minimum atomic E-state index is -0.691. The number of para-hydroxylation sites is 1. The number of carbonyl (C=O) groups is 2. The molecule has 5 heteroatoms. The first kappa shape index (κ1) is 19.5. The van der Waals surface area contributed by atoms with Gasteiger partial charge in [-0.05, 0) is 49.6 Å². The number of nitrogens with one attached hydrogen (secondary N) is 2. The standard InChI is InChI=1S/C21H26N2O3/c1-14(2)13-22-21(25)18-10-5-6-11-19(18)23-20(24)16(4)26-17-9-7-8-15(3)12-17/h5-12,14,16H,13H2,1-4H3,(H,22,25)(H,23,24)/t16-/m0/s1. The summed E-state index contributed by atoms with van der Waals surface area (Å²) in [5, 5.41) is 5.65. The summed E-state index contributed by atoms with van der Waals surface area (Å²) in [6.07, 6.45) is -0.691. The van der Waals surface area contributed by atoms with Crippen molar-refractivity contribution in [1.82, 2.24) is 5.32 Å². The molecule has 138 valence electrons. The third kappa shape index (κ3) is 5.62. The lowest BCUT2D eigenvalue weighted by atomic mass is 10.1. The van der Waals surface area contributed by atoms with Crippen molar-refractivity contribution in [2.75, 3.05) is 11.9 Å². The molecule has 0 aliphatic heterocycles. The van der Waals surface area contributed by atoms with E-state index in [1.807, 2.05) is 45.0 Å². The summed E-state index contributed by atoms with van der Waals surface area (Å²) in [5.74, 6) is 0.469. The minimum absolute atomic E-state index is 0.207. The Morgan fingerprint density at radius 2 is 1.77 bits per heavy atom. The van der Waals surface area contributed by atoms with E-state index in [-0.39, 0.29) is 11.8 Å². The summed E-state index contributed by atoms with van der Waals surface area (Å²) >= 11 is 0. The van der Waals surface area contributed by atoms with Crippen molar-refractivity contribution in [3.63, 3.8) is 0 Å². The molecule has 2 amide bonds. The highest BCUT2D eigenvalue weighted by Crippen LogP contribution is 2.18. The second-order valence-corrected chi connectivity index (χ2v) is 6.72. The monoisotopic (exact) mass is 354 g/mol. The summed E-state index contributed by atoms with van der Waals surface area (Å²) in [6, 6.07) is 14.5. The number of aryl methyl sites for hydroxylation is 1. The zero-order valence-electron chi connectivity index (χ0n) is 15.7. The molecule has 0 aromatic heterocycles. The lowest BCUT2D eigenvalue weighted by molar-refractivity contribution is -0.122. The highest BCUT2D eigenvalue weighted by atomic mass is 16.5. The van der Waals surface area contributed by atoms with Crippen molar-refractivity contribution in [2.45, 2.75) is 33.8 Å². The smallest absolute Gasteiger partial charge is 0.265 e. The predicted octanol–water partition coefficient (Wildman–Crippen LogP) is 3.79. The van der Waals surface area contributed by atoms with Crippen LogP contribution < -0.4 is 15.4 Å². The van der Waals surface area contributed by atoms with Gasteiger partial charge in [-0.15, -0.1) is 0 Å². The van der Waals surface area contributed by atoms with Gasteiger partial charge in [-0.1, -0.05) is 38.1 Å². The first-order chi connectivity index (χ1) is 12.4. The Morgan fingerprint density at radius 1 is 1.04 bits per heavy atom. The number of benzene rings is 2. The Morgan fingerprint density at radius 3 is 2.46 bits per heavy atom. The molecule has 0 unspecified atom stereocenters. The van der Waals surface area contributed by atoms with E-state index < -0.39 is 6.10 Å². The van der Waals surface area contributed by atoms with Crippen LogP contribution in [0.3, 0.4) is 0 Å². The first-order valence-electron chi connectivity index (χ1n) is 8.78. The molecule has 0 saturated carbocycles. The molecule has 0 spiro atoms. The number of hydrogen-bond donors (Lipinski definition) is 2. The van der Waals surface area contributed by atoms with Crippen molar-refractivity contribution < 1.29 is 14.3 Å². The van der Waals surface area contributed by atoms with Gasteiger partial charge in [0, 0.05) is 6.54 Å². The van der Waals surface area contributed by atoms with E-state index in [9.17, 15) is 9.59 Å².